The number of hydrogen-bond acceptors (Lipinski definition) is 3. The van der Waals surface area contributed by atoms with E-state index in [1.807, 2.05) is 18.3 Å². The van der Waals surface area contributed by atoms with E-state index in [2.05, 4.69) is 28.1 Å². The fourth-order valence-corrected chi connectivity index (χ4v) is 5.55. The van der Waals surface area contributed by atoms with Gasteiger partial charge in [0.2, 0.25) is 5.91 Å². The van der Waals surface area contributed by atoms with Gasteiger partial charge >= 0.3 is 0 Å². The van der Waals surface area contributed by atoms with Crippen molar-refractivity contribution in [2.45, 2.75) is 35.4 Å². The van der Waals surface area contributed by atoms with Crippen LogP contribution >= 0.6 is 11.6 Å². The van der Waals surface area contributed by atoms with Crippen molar-refractivity contribution in [1.82, 2.24) is 9.88 Å². The maximum Gasteiger partial charge on any atom is 0.241 e. The van der Waals surface area contributed by atoms with E-state index < -0.39 is 20.5 Å². The number of hydrogen-bond donors (Lipinski definition) is 1. The molecule has 28 heavy (non-hydrogen) atoms. The van der Waals surface area contributed by atoms with Gasteiger partial charge in [0.25, 0.3) is 0 Å². The summed E-state index contributed by atoms with van der Waals surface area (Å²) in [4.78, 5) is 12.8. The van der Waals surface area contributed by atoms with Crippen LogP contribution in [0.25, 0.3) is 10.9 Å². The van der Waals surface area contributed by atoms with Gasteiger partial charge in [0, 0.05) is 29.8 Å². The first-order chi connectivity index (χ1) is 13.4. The second-order valence-corrected chi connectivity index (χ2v) is 9.83. The first kappa shape index (κ1) is 19.0. The zero-order valence-corrected chi connectivity index (χ0v) is 16.8. The molecule has 0 spiro atoms. The summed E-state index contributed by atoms with van der Waals surface area (Å²) in [5.41, 5.74) is 1.15. The lowest BCUT2D eigenvalue weighted by molar-refractivity contribution is -0.121. The molecule has 0 radical (unpaired) electrons. The van der Waals surface area contributed by atoms with Gasteiger partial charge in [-0.15, -0.1) is 0 Å². The monoisotopic (exact) mass is 416 g/mol. The Labute approximate surface area is 169 Å². The van der Waals surface area contributed by atoms with E-state index in [9.17, 15) is 13.2 Å². The first-order valence-corrected chi connectivity index (χ1v) is 11.1. The molecule has 1 aliphatic rings. The number of rotatable bonds is 7. The summed E-state index contributed by atoms with van der Waals surface area (Å²) < 4.78 is 26.7. The largest absolute Gasteiger partial charge is 0.355 e. The van der Waals surface area contributed by atoms with Crippen LogP contribution in [0, 0.1) is 0 Å². The quantitative estimate of drug-likeness (QED) is 0.595. The van der Waals surface area contributed by atoms with E-state index in [-0.39, 0.29) is 4.90 Å². The van der Waals surface area contributed by atoms with Crippen LogP contribution in [0.5, 0.6) is 0 Å². The number of carbonyl (C=O) groups excluding carboxylic acids is 1. The summed E-state index contributed by atoms with van der Waals surface area (Å²) in [6, 6.07) is 16.2. The average molecular weight is 417 g/mol. The first-order valence-electron chi connectivity index (χ1n) is 9.26. The van der Waals surface area contributed by atoms with Gasteiger partial charge in [-0.25, -0.2) is 8.42 Å². The third-order valence-electron chi connectivity index (χ3n) is 5.30. The van der Waals surface area contributed by atoms with E-state index in [1.54, 1.807) is 0 Å². The molecule has 0 aliphatic heterocycles. The molecule has 1 N–H and O–H groups in total. The summed E-state index contributed by atoms with van der Waals surface area (Å²) in [5.74, 6) is -0.403. The number of amides is 1. The minimum absolute atomic E-state index is 0.142. The molecule has 0 saturated heterocycles. The molecule has 146 valence electrons. The summed E-state index contributed by atoms with van der Waals surface area (Å²) >= 11 is 5.84. The Balaban J connectivity index is 1.37. The Hall–Kier alpha value is -2.31. The van der Waals surface area contributed by atoms with E-state index in [0.717, 1.165) is 18.5 Å². The molecule has 1 aromatic heterocycles. The molecular formula is C21H21ClN2O3S. The van der Waals surface area contributed by atoms with Gasteiger partial charge in [-0.3, -0.25) is 4.79 Å². The number of nitrogens with one attached hydrogen (secondary N) is 1. The number of fused-ring (bicyclic) bond motifs is 1. The van der Waals surface area contributed by atoms with Crippen LogP contribution in [-0.2, 0) is 21.2 Å². The fraction of sp³-hybridized carbons (Fsp3) is 0.286. The summed E-state index contributed by atoms with van der Waals surface area (Å²) in [7, 11) is -3.73. The Morgan fingerprint density at radius 3 is 2.50 bits per heavy atom. The van der Waals surface area contributed by atoms with E-state index >= 15 is 0 Å². The minimum atomic E-state index is -3.73. The average Bonchev–Trinajstić information content (AvgIpc) is 3.42. The Kier molecular flexibility index (Phi) is 4.93. The molecule has 7 heteroatoms. The normalized spacial score (nSPS) is 15.5. The molecule has 1 amide bonds. The van der Waals surface area contributed by atoms with Crippen molar-refractivity contribution in [1.29, 1.82) is 0 Å². The molecular weight excluding hydrogens is 396 g/mol. The number of carbonyl (C=O) groups is 1. The number of sulfone groups is 1. The molecule has 1 fully saturated rings. The van der Waals surface area contributed by atoms with Crippen molar-refractivity contribution in [3.63, 3.8) is 0 Å². The van der Waals surface area contributed by atoms with Crippen molar-refractivity contribution in [2.75, 3.05) is 6.54 Å². The van der Waals surface area contributed by atoms with Gasteiger partial charge in [0.1, 0.15) is 0 Å². The smallest absolute Gasteiger partial charge is 0.241 e. The molecule has 1 aliphatic carbocycles. The van der Waals surface area contributed by atoms with Crippen molar-refractivity contribution < 1.29 is 13.2 Å². The lowest BCUT2D eigenvalue weighted by Gasteiger charge is -2.16. The number of aryl methyl sites for hydroxylation is 1. The van der Waals surface area contributed by atoms with Crippen molar-refractivity contribution in [2.24, 2.45) is 0 Å². The van der Waals surface area contributed by atoms with Crippen LogP contribution in [-0.4, -0.2) is 30.2 Å². The highest BCUT2D eigenvalue weighted by molar-refractivity contribution is 7.94. The van der Waals surface area contributed by atoms with Gasteiger partial charge in [-0.05, 0) is 61.0 Å². The Morgan fingerprint density at radius 1 is 1.07 bits per heavy atom. The topological polar surface area (TPSA) is 68.2 Å². The predicted octanol–water partition coefficient (Wildman–Crippen LogP) is 3.81. The van der Waals surface area contributed by atoms with E-state index in [1.165, 1.54) is 29.7 Å². The molecule has 0 atom stereocenters. The van der Waals surface area contributed by atoms with Crippen LogP contribution < -0.4 is 5.32 Å². The van der Waals surface area contributed by atoms with Crippen LogP contribution in [0.2, 0.25) is 5.02 Å². The summed E-state index contributed by atoms with van der Waals surface area (Å²) in [6.45, 7) is 1.19. The molecule has 4 rings (SSSR count). The molecule has 3 aromatic rings. The summed E-state index contributed by atoms with van der Waals surface area (Å²) in [5, 5.41) is 4.47. The highest BCUT2D eigenvalue weighted by Crippen LogP contribution is 2.47. The van der Waals surface area contributed by atoms with Crippen LogP contribution in [0.1, 0.15) is 19.3 Å². The minimum Gasteiger partial charge on any atom is -0.355 e. The van der Waals surface area contributed by atoms with Gasteiger partial charge in [-0.1, -0.05) is 29.8 Å². The fourth-order valence-electron chi connectivity index (χ4n) is 3.52. The second kappa shape index (κ2) is 7.26. The number of aromatic nitrogens is 1. The lowest BCUT2D eigenvalue weighted by Crippen LogP contribution is -2.42. The predicted molar refractivity (Wildman–Crippen MR) is 110 cm³/mol. The zero-order chi connectivity index (χ0) is 19.8. The molecule has 1 heterocycles. The second-order valence-electron chi connectivity index (χ2n) is 7.13. The summed E-state index contributed by atoms with van der Waals surface area (Å²) in [6.07, 6.45) is 3.46. The van der Waals surface area contributed by atoms with Crippen molar-refractivity contribution in [3.8, 4) is 0 Å². The van der Waals surface area contributed by atoms with Crippen LogP contribution in [0.3, 0.4) is 0 Å². The molecule has 1 saturated carbocycles. The Morgan fingerprint density at radius 2 is 1.79 bits per heavy atom. The SMILES string of the molecule is O=C(NCCCn1ccc2ccccc21)C1(S(=O)(=O)c2ccc(Cl)cc2)CC1. The maximum absolute atomic E-state index is 12.9. The maximum atomic E-state index is 12.9. The number of benzene rings is 2. The number of halogens is 1. The standard InChI is InChI=1S/C21H21ClN2O3S/c22-17-6-8-18(9-7-17)28(26,27)21(11-12-21)20(25)23-13-3-14-24-15-10-16-4-1-2-5-19(16)24/h1-2,4-10,15H,3,11-14H2,(H,23,25). The molecule has 2 aromatic carbocycles. The van der Waals surface area contributed by atoms with Gasteiger partial charge < -0.3 is 9.88 Å². The Bertz CT molecular complexity index is 1120. The third-order valence-corrected chi connectivity index (χ3v) is 8.07. The molecule has 0 bridgehead atoms. The highest BCUT2D eigenvalue weighted by atomic mass is 35.5. The van der Waals surface area contributed by atoms with Gasteiger partial charge in [0.15, 0.2) is 14.6 Å². The zero-order valence-electron chi connectivity index (χ0n) is 15.3. The molecule has 5 nitrogen and oxygen atoms in total. The van der Waals surface area contributed by atoms with Gasteiger partial charge in [0.05, 0.1) is 4.90 Å². The highest BCUT2D eigenvalue weighted by Gasteiger charge is 2.61. The lowest BCUT2D eigenvalue weighted by atomic mass is 10.2. The van der Waals surface area contributed by atoms with Crippen LogP contribution in [0.15, 0.2) is 65.7 Å². The number of para-hydroxylation sites is 1. The molecule has 0 unspecified atom stereocenters. The van der Waals surface area contributed by atoms with Crippen molar-refractivity contribution in [3.05, 3.63) is 65.8 Å². The third kappa shape index (κ3) is 3.31. The van der Waals surface area contributed by atoms with Crippen LogP contribution in [0.4, 0.5) is 0 Å². The van der Waals surface area contributed by atoms with E-state index in [4.69, 9.17) is 11.6 Å². The van der Waals surface area contributed by atoms with Gasteiger partial charge in [-0.2, -0.15) is 0 Å². The van der Waals surface area contributed by atoms with E-state index in [0.29, 0.717) is 24.4 Å². The number of nitrogens with zero attached hydrogens (tertiary/aromatic N) is 1. The van der Waals surface area contributed by atoms with Crippen molar-refractivity contribution >= 4 is 38.2 Å².